The highest BCUT2D eigenvalue weighted by molar-refractivity contribution is 7.10. The van der Waals surface area contributed by atoms with Gasteiger partial charge in [0.05, 0.1) is 13.1 Å². The molecule has 0 bridgehead atoms. The van der Waals surface area contributed by atoms with Gasteiger partial charge in [-0.05, 0) is 41.3 Å². The minimum absolute atomic E-state index is 0.0182. The summed E-state index contributed by atoms with van der Waals surface area (Å²) in [4.78, 5) is 62.2. The second-order valence-electron chi connectivity index (χ2n) is 10.1. The van der Waals surface area contributed by atoms with Crippen LogP contribution in [0.4, 0.5) is 9.59 Å². The topological polar surface area (TPSA) is 114 Å². The Morgan fingerprint density at radius 3 is 2.25 bits per heavy atom. The molecule has 3 aromatic rings. The lowest BCUT2D eigenvalue weighted by molar-refractivity contribution is -0.258. The Kier molecular flexibility index (Phi) is 6.85. The molecule has 1 aromatic carbocycles. The highest BCUT2D eigenvalue weighted by atomic mass is 32.1. The molecule has 4 atom stereocenters. The van der Waals surface area contributed by atoms with Crippen molar-refractivity contribution >= 4 is 46.6 Å². The Morgan fingerprint density at radius 2 is 1.62 bits per heavy atom. The number of nitrogens with one attached hydrogen (secondary N) is 1. The van der Waals surface area contributed by atoms with Crippen molar-refractivity contribution in [3.63, 3.8) is 0 Å². The van der Waals surface area contributed by atoms with Gasteiger partial charge in [-0.3, -0.25) is 19.4 Å². The molecule has 3 saturated heterocycles. The molecule has 0 spiro atoms. The van der Waals surface area contributed by atoms with Crippen LogP contribution in [0.2, 0.25) is 0 Å². The Bertz CT molecular complexity index is 1420. The minimum atomic E-state index is -2.15. The summed E-state index contributed by atoms with van der Waals surface area (Å²) in [5.74, 6) is -2.91. The van der Waals surface area contributed by atoms with Gasteiger partial charge in [-0.15, -0.1) is 22.7 Å². The molecule has 0 aliphatic carbocycles. The SMILES string of the molecule is CNC(=O)[C@@H]1CC[C@H]2N1C(=O)[C@@H](Cc1ccccc1)N1C(=O)N(Cc3cccs3)C(=O)N(Cc3cccs3)[C@]21O. The molecule has 0 unspecified atom stereocenters. The van der Waals surface area contributed by atoms with Crippen molar-refractivity contribution in [2.24, 2.45) is 0 Å². The van der Waals surface area contributed by atoms with Crippen LogP contribution in [0.3, 0.4) is 0 Å². The predicted molar refractivity (Wildman–Crippen MR) is 149 cm³/mol. The summed E-state index contributed by atoms with van der Waals surface area (Å²) in [6.07, 6.45) is 0.672. The average molecular weight is 580 g/mol. The maximum absolute atomic E-state index is 14.3. The zero-order chi connectivity index (χ0) is 28.0. The van der Waals surface area contributed by atoms with Crippen LogP contribution in [-0.2, 0) is 29.1 Å². The molecule has 2 aromatic heterocycles. The molecule has 0 saturated carbocycles. The maximum atomic E-state index is 14.3. The zero-order valence-electron chi connectivity index (χ0n) is 21.8. The third kappa shape index (κ3) is 4.18. The number of hydrogen-bond acceptors (Lipinski definition) is 7. The van der Waals surface area contributed by atoms with Gasteiger partial charge in [0.2, 0.25) is 17.7 Å². The number of benzene rings is 1. The number of hydrogen-bond donors (Lipinski definition) is 2. The molecule has 3 fully saturated rings. The molecule has 10 nitrogen and oxygen atoms in total. The second-order valence-corrected chi connectivity index (χ2v) is 12.2. The number of imide groups is 1. The van der Waals surface area contributed by atoms with Gasteiger partial charge < -0.3 is 15.3 Å². The number of fused-ring (bicyclic) bond motifs is 3. The highest BCUT2D eigenvalue weighted by Gasteiger charge is 2.68. The smallest absolute Gasteiger partial charge is 0.332 e. The van der Waals surface area contributed by atoms with Crippen LogP contribution >= 0.6 is 22.7 Å². The molecule has 0 radical (unpaired) electrons. The fourth-order valence-corrected chi connectivity index (χ4v) is 7.51. The Labute approximate surface area is 239 Å². The van der Waals surface area contributed by atoms with Gasteiger partial charge in [0.15, 0.2) is 0 Å². The van der Waals surface area contributed by atoms with Crippen LogP contribution < -0.4 is 5.32 Å². The molecule has 2 N–H and O–H groups in total. The van der Waals surface area contributed by atoms with E-state index in [-0.39, 0.29) is 31.8 Å². The summed E-state index contributed by atoms with van der Waals surface area (Å²) in [5.41, 5.74) is 0.789. The predicted octanol–water partition coefficient (Wildman–Crippen LogP) is 3.05. The van der Waals surface area contributed by atoms with Gasteiger partial charge in [0, 0.05) is 23.2 Å². The maximum Gasteiger partial charge on any atom is 0.332 e. The third-order valence-corrected chi connectivity index (χ3v) is 9.67. The number of piperazine rings is 1. The van der Waals surface area contributed by atoms with Gasteiger partial charge in [-0.25, -0.2) is 14.5 Å². The molecule has 208 valence electrons. The lowest BCUT2D eigenvalue weighted by Gasteiger charge is -2.61. The summed E-state index contributed by atoms with van der Waals surface area (Å²) in [5, 5.41) is 19.1. The lowest BCUT2D eigenvalue weighted by Crippen LogP contribution is -2.85. The standard InChI is InChI=1S/C28H29N5O5S2/c1-29-24(34)21-11-12-23-28(38)31(17-20-10-6-14-40-20)26(36)30(16-19-9-5-13-39-19)27(37)33(28)22(25(35)32(21)23)15-18-7-3-2-4-8-18/h2-10,13-14,21-23,38H,11-12,15-17H2,1H3,(H,29,34)/t21-,22+,23+,28+/m0/s1. The van der Waals surface area contributed by atoms with Crippen LogP contribution in [0.25, 0.3) is 0 Å². The lowest BCUT2D eigenvalue weighted by atomic mass is 9.93. The Morgan fingerprint density at radius 1 is 0.950 bits per heavy atom. The summed E-state index contributed by atoms with van der Waals surface area (Å²) >= 11 is 2.85. The molecular weight excluding hydrogens is 550 g/mol. The number of carbonyl (C=O) groups is 4. The van der Waals surface area contributed by atoms with E-state index in [1.165, 1.54) is 44.4 Å². The van der Waals surface area contributed by atoms with E-state index in [0.29, 0.717) is 6.42 Å². The van der Waals surface area contributed by atoms with E-state index in [0.717, 1.165) is 20.2 Å². The zero-order valence-corrected chi connectivity index (χ0v) is 23.4. The van der Waals surface area contributed by atoms with Crippen LogP contribution in [0, 0.1) is 0 Å². The summed E-state index contributed by atoms with van der Waals surface area (Å²) in [6, 6.07) is 12.4. The molecule has 5 heterocycles. The largest absolute Gasteiger partial charge is 0.357 e. The van der Waals surface area contributed by atoms with Crippen molar-refractivity contribution in [1.82, 2.24) is 24.9 Å². The van der Waals surface area contributed by atoms with Crippen LogP contribution in [0.5, 0.6) is 0 Å². The fraction of sp³-hybridized carbons (Fsp3) is 0.357. The Hall–Kier alpha value is -3.74. The van der Waals surface area contributed by atoms with Crippen molar-refractivity contribution in [2.45, 2.75) is 56.3 Å². The van der Waals surface area contributed by atoms with Crippen molar-refractivity contribution < 1.29 is 24.3 Å². The van der Waals surface area contributed by atoms with Gasteiger partial charge in [-0.1, -0.05) is 42.5 Å². The van der Waals surface area contributed by atoms with Crippen molar-refractivity contribution in [2.75, 3.05) is 7.05 Å². The van der Waals surface area contributed by atoms with Crippen molar-refractivity contribution in [3.8, 4) is 0 Å². The molecule has 3 aliphatic heterocycles. The van der Waals surface area contributed by atoms with E-state index in [4.69, 9.17) is 0 Å². The number of rotatable bonds is 7. The number of amides is 6. The van der Waals surface area contributed by atoms with Gasteiger partial charge in [0.1, 0.15) is 18.1 Å². The summed E-state index contributed by atoms with van der Waals surface area (Å²) in [7, 11) is 1.51. The molecule has 3 aliphatic rings. The van der Waals surface area contributed by atoms with Crippen molar-refractivity contribution in [1.29, 1.82) is 0 Å². The van der Waals surface area contributed by atoms with E-state index in [1.807, 2.05) is 65.4 Å². The number of nitrogens with zero attached hydrogens (tertiary/aromatic N) is 4. The normalized spacial score (nSPS) is 26.2. The number of thiophene rings is 2. The Balaban J connectivity index is 1.50. The van der Waals surface area contributed by atoms with Crippen LogP contribution in [0.15, 0.2) is 65.4 Å². The number of likely N-dealkylation sites (N-methyl/N-ethyl adjacent to an activating group) is 1. The number of aliphatic hydroxyl groups is 1. The second kappa shape index (κ2) is 10.3. The highest BCUT2D eigenvalue weighted by Crippen LogP contribution is 2.46. The van der Waals surface area contributed by atoms with Crippen LogP contribution in [0.1, 0.15) is 28.2 Å². The van der Waals surface area contributed by atoms with E-state index in [1.54, 1.807) is 0 Å². The van der Waals surface area contributed by atoms with Crippen LogP contribution in [-0.4, -0.2) is 79.6 Å². The monoisotopic (exact) mass is 579 g/mol. The minimum Gasteiger partial charge on any atom is -0.357 e. The van der Waals surface area contributed by atoms with E-state index < -0.39 is 41.9 Å². The van der Waals surface area contributed by atoms with E-state index in [2.05, 4.69) is 5.32 Å². The molecule has 40 heavy (non-hydrogen) atoms. The summed E-state index contributed by atoms with van der Waals surface area (Å²) in [6.45, 7) is 0.0588. The third-order valence-electron chi connectivity index (χ3n) is 7.94. The summed E-state index contributed by atoms with van der Waals surface area (Å²) < 4.78 is 0. The van der Waals surface area contributed by atoms with Gasteiger partial charge >= 0.3 is 12.1 Å². The first kappa shape index (κ1) is 26.5. The first-order chi connectivity index (χ1) is 19.3. The van der Waals surface area contributed by atoms with Gasteiger partial charge in [-0.2, -0.15) is 0 Å². The molecule has 6 rings (SSSR count). The molecule has 12 heteroatoms. The molecule has 6 amide bonds. The van der Waals surface area contributed by atoms with E-state index in [9.17, 15) is 24.3 Å². The number of carbonyl (C=O) groups excluding carboxylic acids is 4. The fourth-order valence-electron chi connectivity index (χ4n) is 6.13. The quantitative estimate of drug-likeness (QED) is 0.447. The van der Waals surface area contributed by atoms with Gasteiger partial charge in [0.25, 0.3) is 0 Å². The molecular formula is C28H29N5O5S2. The first-order valence-corrected chi connectivity index (χ1v) is 14.9. The van der Waals surface area contributed by atoms with E-state index >= 15 is 0 Å². The first-order valence-electron chi connectivity index (χ1n) is 13.1. The number of urea groups is 2. The average Bonchev–Trinajstić information content (AvgIpc) is 3.75. The van der Waals surface area contributed by atoms with Crippen molar-refractivity contribution in [3.05, 3.63) is 80.7 Å².